The van der Waals surface area contributed by atoms with Crippen LogP contribution < -0.4 is 10.2 Å². The first-order valence-electron chi connectivity index (χ1n) is 4.48. The van der Waals surface area contributed by atoms with Crippen molar-refractivity contribution in [2.45, 2.75) is 0 Å². The number of carbonyl (C=O) groups excluding carboxylic acids is 1. The van der Waals surface area contributed by atoms with E-state index in [0.717, 1.165) is 6.08 Å². The average molecular weight is 220 g/mol. The fraction of sp³-hybridized carbons (Fsp3) is 0.182. The van der Waals surface area contributed by atoms with E-state index in [9.17, 15) is 9.18 Å². The van der Waals surface area contributed by atoms with Crippen LogP contribution in [0.1, 0.15) is 5.56 Å². The van der Waals surface area contributed by atoms with Gasteiger partial charge < -0.3 is 9.47 Å². The molecule has 0 saturated heterocycles. The first kappa shape index (κ1) is 12.3. The fourth-order valence-corrected chi connectivity index (χ4v) is 1.14. The van der Waals surface area contributed by atoms with E-state index in [2.05, 4.69) is 4.74 Å². The molecule has 0 fully saturated rings. The summed E-state index contributed by atoms with van der Waals surface area (Å²) in [6.45, 7) is 0. The number of methoxy groups -OCH3 is 2. The third-order valence-electron chi connectivity index (χ3n) is 1.98. The first-order valence-corrected chi connectivity index (χ1v) is 4.48. The van der Waals surface area contributed by atoms with E-state index in [1.54, 1.807) is 0 Å². The van der Waals surface area contributed by atoms with Crippen molar-refractivity contribution in [2.75, 3.05) is 14.2 Å². The minimum atomic E-state index is -0.625. The molecule has 0 heterocycles. The van der Waals surface area contributed by atoms with Crippen molar-refractivity contribution in [1.29, 1.82) is 0 Å². The summed E-state index contributed by atoms with van der Waals surface area (Å²) in [5, 5.41) is 0. The molecule has 0 N–H and O–H groups in total. The van der Waals surface area contributed by atoms with Crippen LogP contribution in [0.4, 0.5) is 4.39 Å². The highest BCUT2D eigenvalue weighted by Crippen LogP contribution is 2.21. The van der Waals surface area contributed by atoms with Crippen molar-refractivity contribution >= 4 is 25.4 Å². The molecule has 0 aromatic heterocycles. The van der Waals surface area contributed by atoms with Gasteiger partial charge in [0.1, 0.15) is 19.4 Å². The van der Waals surface area contributed by atoms with Crippen molar-refractivity contribution in [2.24, 2.45) is 0 Å². The predicted molar refractivity (Wildman–Crippen MR) is 59.4 cm³/mol. The molecule has 0 atom stereocenters. The van der Waals surface area contributed by atoms with Crippen molar-refractivity contribution in [3.8, 4) is 5.75 Å². The van der Waals surface area contributed by atoms with Gasteiger partial charge in [0.05, 0.1) is 19.8 Å². The average Bonchev–Trinajstić information content (AvgIpc) is 2.30. The summed E-state index contributed by atoms with van der Waals surface area (Å²) in [6, 6.07) is 2.92. The van der Waals surface area contributed by atoms with Gasteiger partial charge in [-0.05, 0) is 12.1 Å². The molecule has 2 radical (unpaired) electrons. The smallest absolute Gasteiger partial charge is 0.330 e. The normalized spacial score (nSPS) is 10.4. The van der Waals surface area contributed by atoms with Crippen molar-refractivity contribution in [3.05, 3.63) is 29.6 Å². The fourth-order valence-electron chi connectivity index (χ4n) is 1.14. The zero-order valence-corrected chi connectivity index (χ0v) is 8.99. The van der Waals surface area contributed by atoms with E-state index < -0.39 is 11.8 Å². The molecule has 1 aromatic rings. The highest BCUT2D eigenvalue weighted by Gasteiger charge is 2.09. The van der Waals surface area contributed by atoms with E-state index in [1.165, 1.54) is 32.4 Å². The van der Waals surface area contributed by atoms with Gasteiger partial charge >= 0.3 is 5.97 Å². The summed E-state index contributed by atoms with van der Waals surface area (Å²) >= 11 is 0. The second-order valence-corrected chi connectivity index (χ2v) is 2.94. The highest BCUT2D eigenvalue weighted by molar-refractivity contribution is 6.32. The maximum absolute atomic E-state index is 13.6. The second-order valence-electron chi connectivity index (χ2n) is 2.94. The van der Waals surface area contributed by atoms with E-state index in [0.29, 0.717) is 5.75 Å². The minimum absolute atomic E-state index is 0.00897. The van der Waals surface area contributed by atoms with Crippen LogP contribution in [-0.2, 0) is 9.53 Å². The van der Waals surface area contributed by atoms with Gasteiger partial charge in [-0.3, -0.25) is 0 Å². The quantitative estimate of drug-likeness (QED) is 0.429. The standard InChI is InChI=1S/C11H10BFO3/c1-15-9-5-4-8(12)11(13)7(9)3-6-10(14)16-2/h3-6H,1-2H3/b6-3+. The topological polar surface area (TPSA) is 35.5 Å². The molecule has 3 nitrogen and oxygen atoms in total. The SMILES string of the molecule is [B]c1ccc(OC)c(/C=C/C(=O)OC)c1F. The van der Waals surface area contributed by atoms with Gasteiger partial charge in [-0.1, -0.05) is 11.5 Å². The van der Waals surface area contributed by atoms with Crippen LogP contribution in [-0.4, -0.2) is 28.0 Å². The van der Waals surface area contributed by atoms with Crippen LogP contribution >= 0.6 is 0 Å². The maximum atomic E-state index is 13.6. The summed E-state index contributed by atoms with van der Waals surface area (Å²) in [5.41, 5.74) is 0.109. The number of carbonyl (C=O) groups is 1. The Morgan fingerprint density at radius 1 is 1.44 bits per heavy atom. The molecule has 5 heteroatoms. The van der Waals surface area contributed by atoms with Gasteiger partial charge in [0, 0.05) is 6.08 Å². The van der Waals surface area contributed by atoms with Crippen molar-refractivity contribution in [1.82, 2.24) is 0 Å². The summed E-state index contributed by atoms with van der Waals surface area (Å²) in [5.74, 6) is -0.907. The Kier molecular flexibility index (Phi) is 4.11. The van der Waals surface area contributed by atoms with Crippen molar-refractivity contribution < 1.29 is 18.7 Å². The monoisotopic (exact) mass is 220 g/mol. The van der Waals surface area contributed by atoms with Crippen molar-refractivity contribution in [3.63, 3.8) is 0 Å². The molecule has 0 spiro atoms. The predicted octanol–water partition coefficient (Wildman–Crippen LogP) is 0.814. The molecule has 1 aromatic carbocycles. The summed E-state index contributed by atoms with van der Waals surface area (Å²) < 4.78 is 22.9. The summed E-state index contributed by atoms with van der Waals surface area (Å²) in [7, 11) is 8.04. The number of hydrogen-bond acceptors (Lipinski definition) is 3. The maximum Gasteiger partial charge on any atom is 0.330 e. The van der Waals surface area contributed by atoms with Crippen LogP contribution in [0.2, 0.25) is 0 Å². The van der Waals surface area contributed by atoms with E-state index in [-0.39, 0.29) is 11.0 Å². The third kappa shape index (κ3) is 2.62. The Balaban J connectivity index is 3.15. The molecule has 0 aliphatic rings. The lowest BCUT2D eigenvalue weighted by Gasteiger charge is -2.07. The summed E-state index contributed by atoms with van der Waals surface area (Å²) in [6.07, 6.45) is 2.36. The number of hydrogen-bond donors (Lipinski definition) is 0. The van der Waals surface area contributed by atoms with Crippen LogP contribution in [0.15, 0.2) is 18.2 Å². The van der Waals surface area contributed by atoms with Gasteiger partial charge in [-0.15, -0.1) is 0 Å². The van der Waals surface area contributed by atoms with E-state index in [4.69, 9.17) is 12.6 Å². The second kappa shape index (κ2) is 5.35. The van der Waals surface area contributed by atoms with Crippen LogP contribution in [0.3, 0.4) is 0 Å². The Bertz CT molecular complexity index is 429. The molecular formula is C11H10BFO3. The molecule has 0 amide bonds. The number of rotatable bonds is 3. The van der Waals surface area contributed by atoms with Gasteiger partial charge in [0.15, 0.2) is 0 Å². The van der Waals surface area contributed by atoms with Crippen LogP contribution in [0.25, 0.3) is 6.08 Å². The molecule has 0 unspecified atom stereocenters. The van der Waals surface area contributed by atoms with Gasteiger partial charge in [0.2, 0.25) is 0 Å². The number of halogens is 1. The lowest BCUT2D eigenvalue weighted by Crippen LogP contribution is -2.10. The highest BCUT2D eigenvalue weighted by atomic mass is 19.1. The van der Waals surface area contributed by atoms with Gasteiger partial charge in [0.25, 0.3) is 0 Å². The van der Waals surface area contributed by atoms with E-state index in [1.807, 2.05) is 0 Å². The molecule has 0 bridgehead atoms. The van der Waals surface area contributed by atoms with E-state index >= 15 is 0 Å². The molecular weight excluding hydrogens is 210 g/mol. The zero-order chi connectivity index (χ0) is 12.1. The summed E-state index contributed by atoms with van der Waals surface area (Å²) in [4.78, 5) is 10.9. The number of ether oxygens (including phenoxy) is 2. The number of esters is 1. The Morgan fingerprint density at radius 2 is 2.12 bits per heavy atom. The molecule has 1 rings (SSSR count). The Morgan fingerprint density at radius 3 is 2.69 bits per heavy atom. The molecule has 0 aliphatic heterocycles. The first-order chi connectivity index (χ1) is 7.60. The Labute approximate surface area is 94.3 Å². The number of benzene rings is 1. The largest absolute Gasteiger partial charge is 0.496 e. The molecule has 0 aliphatic carbocycles. The lowest BCUT2D eigenvalue weighted by atomic mass is 9.93. The van der Waals surface area contributed by atoms with Crippen LogP contribution in [0.5, 0.6) is 5.75 Å². The molecule has 16 heavy (non-hydrogen) atoms. The van der Waals surface area contributed by atoms with Gasteiger partial charge in [-0.25, -0.2) is 9.18 Å². The Hall–Kier alpha value is -1.78. The van der Waals surface area contributed by atoms with Gasteiger partial charge in [-0.2, -0.15) is 0 Å². The minimum Gasteiger partial charge on any atom is -0.496 e. The molecule has 82 valence electrons. The third-order valence-corrected chi connectivity index (χ3v) is 1.98. The van der Waals surface area contributed by atoms with Crippen LogP contribution in [0, 0.1) is 5.82 Å². The molecule has 0 saturated carbocycles. The lowest BCUT2D eigenvalue weighted by molar-refractivity contribution is -0.134. The zero-order valence-electron chi connectivity index (χ0n) is 8.99.